The molecule has 1 aliphatic rings. The molecule has 0 saturated heterocycles. The Kier molecular flexibility index (Phi) is 4.77. The Bertz CT molecular complexity index is 659. The maximum Gasteiger partial charge on any atom is 0.307 e. The van der Waals surface area contributed by atoms with Crippen molar-refractivity contribution in [2.24, 2.45) is 11.8 Å². The summed E-state index contributed by atoms with van der Waals surface area (Å²) in [7, 11) is 0. The van der Waals surface area contributed by atoms with Crippen molar-refractivity contribution in [3.63, 3.8) is 0 Å². The van der Waals surface area contributed by atoms with E-state index in [-0.39, 0.29) is 16.4 Å². The van der Waals surface area contributed by atoms with Crippen LogP contribution in [-0.4, -0.2) is 21.9 Å². The molecular formula is C14H13ClN2O5. The maximum absolute atomic E-state index is 12.3. The molecular weight excluding hydrogens is 312 g/mol. The van der Waals surface area contributed by atoms with Gasteiger partial charge >= 0.3 is 5.97 Å². The van der Waals surface area contributed by atoms with Crippen LogP contribution in [0.15, 0.2) is 30.4 Å². The van der Waals surface area contributed by atoms with Crippen LogP contribution in [0.4, 0.5) is 11.4 Å². The van der Waals surface area contributed by atoms with E-state index >= 15 is 0 Å². The highest BCUT2D eigenvalue weighted by Gasteiger charge is 2.34. The molecule has 0 heterocycles. The van der Waals surface area contributed by atoms with Crippen molar-refractivity contribution < 1.29 is 19.6 Å². The van der Waals surface area contributed by atoms with Crippen LogP contribution >= 0.6 is 11.6 Å². The van der Waals surface area contributed by atoms with Gasteiger partial charge in [-0.2, -0.15) is 0 Å². The van der Waals surface area contributed by atoms with Crippen LogP contribution in [-0.2, 0) is 9.59 Å². The zero-order valence-electron chi connectivity index (χ0n) is 11.4. The average Bonchev–Trinajstić information content (AvgIpc) is 2.48. The molecule has 1 aromatic carbocycles. The molecule has 0 bridgehead atoms. The normalized spacial score (nSPS) is 20.4. The number of amides is 1. The lowest BCUT2D eigenvalue weighted by Crippen LogP contribution is -2.34. The third-order valence-electron chi connectivity index (χ3n) is 3.51. The topological polar surface area (TPSA) is 110 Å². The summed E-state index contributed by atoms with van der Waals surface area (Å²) in [6, 6.07) is 3.68. The van der Waals surface area contributed by atoms with E-state index in [0.717, 1.165) is 6.07 Å². The maximum atomic E-state index is 12.3. The van der Waals surface area contributed by atoms with Crippen molar-refractivity contribution in [3.05, 3.63) is 45.5 Å². The number of allylic oxidation sites excluding steroid dienone is 2. The van der Waals surface area contributed by atoms with E-state index in [9.17, 15) is 19.7 Å². The first-order valence-electron chi connectivity index (χ1n) is 6.52. The lowest BCUT2D eigenvalue weighted by Gasteiger charge is -2.24. The van der Waals surface area contributed by atoms with Crippen molar-refractivity contribution >= 4 is 34.9 Å². The highest BCUT2D eigenvalue weighted by atomic mass is 35.5. The van der Waals surface area contributed by atoms with Gasteiger partial charge in [-0.25, -0.2) is 0 Å². The van der Waals surface area contributed by atoms with E-state index in [1.54, 1.807) is 12.2 Å². The van der Waals surface area contributed by atoms with Crippen LogP contribution in [0, 0.1) is 22.0 Å². The number of carboxylic acids is 1. The Morgan fingerprint density at radius 3 is 2.45 bits per heavy atom. The second-order valence-electron chi connectivity index (χ2n) is 4.90. The number of nitro benzene ring substituents is 1. The molecule has 2 atom stereocenters. The van der Waals surface area contributed by atoms with Crippen molar-refractivity contribution in [2.75, 3.05) is 5.32 Å². The van der Waals surface area contributed by atoms with E-state index in [1.165, 1.54) is 12.1 Å². The molecule has 0 aromatic heterocycles. The molecule has 7 nitrogen and oxygen atoms in total. The first-order valence-corrected chi connectivity index (χ1v) is 6.90. The first kappa shape index (κ1) is 16.0. The summed E-state index contributed by atoms with van der Waals surface area (Å²) in [5.41, 5.74) is 0.0305. The van der Waals surface area contributed by atoms with Gasteiger partial charge in [0.2, 0.25) is 5.91 Å². The Labute approximate surface area is 130 Å². The monoisotopic (exact) mass is 324 g/mol. The Morgan fingerprint density at radius 1 is 1.27 bits per heavy atom. The molecule has 8 heteroatoms. The summed E-state index contributed by atoms with van der Waals surface area (Å²) in [4.78, 5) is 33.5. The van der Waals surface area contributed by atoms with Crippen LogP contribution in [0.1, 0.15) is 12.8 Å². The van der Waals surface area contributed by atoms with Gasteiger partial charge in [0.15, 0.2) is 0 Å². The molecule has 1 aromatic rings. The van der Waals surface area contributed by atoms with Gasteiger partial charge in [0.25, 0.3) is 5.69 Å². The van der Waals surface area contributed by atoms with Crippen LogP contribution in [0.25, 0.3) is 0 Å². The number of halogens is 1. The van der Waals surface area contributed by atoms with Crippen LogP contribution in [0.3, 0.4) is 0 Å². The number of aliphatic carboxylic acids is 1. The third-order valence-corrected chi connectivity index (χ3v) is 3.82. The number of carboxylic acid groups (broad SMARTS) is 1. The largest absolute Gasteiger partial charge is 0.481 e. The molecule has 0 saturated carbocycles. The zero-order chi connectivity index (χ0) is 16.3. The lowest BCUT2D eigenvalue weighted by molar-refractivity contribution is -0.384. The average molecular weight is 325 g/mol. The fourth-order valence-electron chi connectivity index (χ4n) is 2.32. The minimum atomic E-state index is -1.03. The van der Waals surface area contributed by atoms with Crippen molar-refractivity contribution in [1.82, 2.24) is 0 Å². The van der Waals surface area contributed by atoms with Crippen LogP contribution < -0.4 is 5.32 Å². The van der Waals surface area contributed by atoms with E-state index < -0.39 is 28.6 Å². The number of nitro groups is 1. The van der Waals surface area contributed by atoms with Gasteiger partial charge in [-0.15, -0.1) is 0 Å². The predicted molar refractivity (Wildman–Crippen MR) is 79.7 cm³/mol. The molecule has 2 rings (SSSR count). The number of carbonyl (C=O) groups excluding carboxylic acids is 1. The summed E-state index contributed by atoms with van der Waals surface area (Å²) in [5.74, 6) is -2.98. The number of hydrogen-bond donors (Lipinski definition) is 2. The molecule has 1 aliphatic carbocycles. The number of benzene rings is 1. The number of hydrogen-bond acceptors (Lipinski definition) is 4. The molecule has 116 valence electrons. The fourth-order valence-corrected chi connectivity index (χ4v) is 2.54. The van der Waals surface area contributed by atoms with Crippen molar-refractivity contribution in [2.45, 2.75) is 12.8 Å². The molecule has 1 amide bonds. The number of non-ortho nitro benzene ring substituents is 1. The standard InChI is InChI=1S/C14H13ClN2O5/c15-11-7-8(17(21)22)5-6-12(11)16-13(18)9-3-1-2-4-10(9)14(19)20/h1-2,5-7,9-10H,3-4H2,(H,16,18)(H,19,20)/t9-,10+/m1/s1. The van der Waals surface area contributed by atoms with Gasteiger partial charge < -0.3 is 10.4 Å². The molecule has 0 spiro atoms. The van der Waals surface area contributed by atoms with Crippen LogP contribution in [0.2, 0.25) is 5.02 Å². The summed E-state index contributed by atoms with van der Waals surface area (Å²) in [6.07, 6.45) is 4.12. The Balaban J connectivity index is 2.16. The molecule has 0 unspecified atom stereocenters. The number of rotatable bonds is 4. The minimum absolute atomic E-state index is 0.0285. The SMILES string of the molecule is O=C(O)[C@H]1CC=CC[C@H]1C(=O)Nc1ccc([N+](=O)[O-])cc1Cl. The van der Waals surface area contributed by atoms with Crippen molar-refractivity contribution in [3.8, 4) is 0 Å². The summed E-state index contributed by atoms with van der Waals surface area (Å²) in [6.45, 7) is 0. The van der Waals surface area contributed by atoms with Crippen LogP contribution in [0.5, 0.6) is 0 Å². The predicted octanol–water partition coefficient (Wildman–Crippen LogP) is 2.85. The Hall–Kier alpha value is -2.41. The second-order valence-corrected chi connectivity index (χ2v) is 5.31. The summed E-state index contributed by atoms with van der Waals surface area (Å²) in [5, 5.41) is 22.4. The Morgan fingerprint density at radius 2 is 1.91 bits per heavy atom. The third kappa shape index (κ3) is 3.43. The quantitative estimate of drug-likeness (QED) is 0.502. The van der Waals surface area contributed by atoms with Gasteiger partial charge in [0, 0.05) is 12.1 Å². The highest BCUT2D eigenvalue weighted by Crippen LogP contribution is 2.30. The minimum Gasteiger partial charge on any atom is -0.481 e. The smallest absolute Gasteiger partial charge is 0.307 e. The van der Waals surface area contributed by atoms with E-state index in [4.69, 9.17) is 16.7 Å². The number of carbonyl (C=O) groups is 2. The molecule has 22 heavy (non-hydrogen) atoms. The van der Waals surface area contributed by atoms with E-state index in [2.05, 4.69) is 5.32 Å². The first-order chi connectivity index (χ1) is 10.4. The fraction of sp³-hybridized carbons (Fsp3) is 0.286. The second kappa shape index (κ2) is 6.57. The summed E-state index contributed by atoms with van der Waals surface area (Å²) < 4.78 is 0. The molecule has 0 fully saturated rings. The van der Waals surface area contributed by atoms with E-state index in [1.807, 2.05) is 0 Å². The zero-order valence-corrected chi connectivity index (χ0v) is 12.1. The number of nitrogens with one attached hydrogen (secondary N) is 1. The highest BCUT2D eigenvalue weighted by molar-refractivity contribution is 6.34. The molecule has 0 radical (unpaired) electrons. The summed E-state index contributed by atoms with van der Waals surface area (Å²) >= 11 is 5.91. The van der Waals surface area contributed by atoms with Gasteiger partial charge in [0.1, 0.15) is 0 Å². The lowest BCUT2D eigenvalue weighted by atomic mass is 9.82. The number of nitrogens with zero attached hydrogens (tertiary/aromatic N) is 1. The van der Waals surface area contributed by atoms with Crippen molar-refractivity contribution in [1.29, 1.82) is 0 Å². The molecule has 0 aliphatic heterocycles. The van der Waals surface area contributed by atoms with Gasteiger partial charge in [-0.1, -0.05) is 23.8 Å². The van der Waals surface area contributed by atoms with Gasteiger partial charge in [0.05, 0.1) is 27.5 Å². The number of anilines is 1. The van der Waals surface area contributed by atoms with Gasteiger partial charge in [-0.05, 0) is 18.9 Å². The van der Waals surface area contributed by atoms with E-state index in [0.29, 0.717) is 12.8 Å². The molecule has 2 N–H and O–H groups in total. The van der Waals surface area contributed by atoms with Gasteiger partial charge in [-0.3, -0.25) is 19.7 Å².